The molecule has 0 saturated heterocycles. The number of nitrogens with zero attached hydrogens (tertiary/aromatic N) is 4. The lowest BCUT2D eigenvalue weighted by Crippen LogP contribution is -2.04. The van der Waals surface area contributed by atoms with Crippen molar-refractivity contribution in [2.45, 2.75) is 24.2 Å². The summed E-state index contributed by atoms with van der Waals surface area (Å²) < 4.78 is 30.3. The molecule has 3 rings (SSSR count). The standard InChI is InChI=1S/C16H14F2N4OS/c1-11-3-2-4-14(9-11)24-10-15-19-20-21-22(15)12-5-7-13(8-6-12)23-16(17)18/h2-9,16H,10H2,1H3. The minimum Gasteiger partial charge on any atom is -0.435 e. The fourth-order valence-electron chi connectivity index (χ4n) is 2.12. The number of aromatic nitrogens is 4. The summed E-state index contributed by atoms with van der Waals surface area (Å²) in [6.07, 6.45) is 0. The molecule has 1 heterocycles. The second-order valence-electron chi connectivity index (χ2n) is 4.98. The van der Waals surface area contributed by atoms with E-state index in [-0.39, 0.29) is 5.75 Å². The minimum atomic E-state index is -2.84. The van der Waals surface area contributed by atoms with Crippen LogP contribution in [0, 0.1) is 6.92 Å². The summed E-state index contributed by atoms with van der Waals surface area (Å²) in [6.45, 7) is -0.804. The number of ether oxygens (including phenoxy) is 1. The van der Waals surface area contributed by atoms with E-state index >= 15 is 0 Å². The number of halogens is 2. The lowest BCUT2D eigenvalue weighted by atomic mass is 10.2. The topological polar surface area (TPSA) is 52.8 Å². The van der Waals surface area contributed by atoms with Crippen LogP contribution in [0.4, 0.5) is 8.78 Å². The van der Waals surface area contributed by atoms with Crippen LogP contribution in [0.25, 0.3) is 5.69 Å². The summed E-state index contributed by atoms with van der Waals surface area (Å²) >= 11 is 1.63. The lowest BCUT2D eigenvalue weighted by molar-refractivity contribution is -0.0498. The summed E-state index contributed by atoms with van der Waals surface area (Å²) in [7, 11) is 0. The molecule has 0 spiro atoms. The average molecular weight is 348 g/mol. The van der Waals surface area contributed by atoms with Gasteiger partial charge in [-0.25, -0.2) is 0 Å². The van der Waals surface area contributed by atoms with Crippen molar-refractivity contribution in [3.8, 4) is 11.4 Å². The SMILES string of the molecule is Cc1cccc(SCc2nnnn2-c2ccc(OC(F)F)cc2)c1. The number of alkyl halides is 2. The number of thioether (sulfide) groups is 1. The van der Waals surface area contributed by atoms with Crippen molar-refractivity contribution in [2.24, 2.45) is 0 Å². The molecular weight excluding hydrogens is 334 g/mol. The molecule has 2 aromatic carbocycles. The first-order valence-electron chi connectivity index (χ1n) is 7.14. The molecule has 0 bridgehead atoms. The molecule has 0 amide bonds. The minimum absolute atomic E-state index is 0.0949. The zero-order valence-corrected chi connectivity index (χ0v) is 13.6. The Hall–Kier alpha value is -2.48. The molecule has 0 fully saturated rings. The zero-order chi connectivity index (χ0) is 16.9. The molecule has 1 aromatic heterocycles. The predicted molar refractivity (Wildman–Crippen MR) is 86.5 cm³/mol. The number of aryl methyl sites for hydroxylation is 1. The number of tetrazole rings is 1. The molecule has 0 saturated carbocycles. The Morgan fingerprint density at radius 1 is 1.17 bits per heavy atom. The van der Waals surface area contributed by atoms with E-state index < -0.39 is 6.61 Å². The van der Waals surface area contributed by atoms with Crippen LogP contribution in [0.3, 0.4) is 0 Å². The molecule has 5 nitrogen and oxygen atoms in total. The molecule has 8 heteroatoms. The van der Waals surface area contributed by atoms with E-state index in [1.165, 1.54) is 17.7 Å². The van der Waals surface area contributed by atoms with Crippen LogP contribution in [0.5, 0.6) is 5.75 Å². The van der Waals surface area contributed by atoms with Crippen molar-refractivity contribution < 1.29 is 13.5 Å². The Kier molecular flexibility index (Phi) is 5.05. The van der Waals surface area contributed by atoms with Crippen molar-refractivity contribution in [1.82, 2.24) is 20.2 Å². The highest BCUT2D eigenvalue weighted by Gasteiger charge is 2.10. The molecule has 124 valence electrons. The molecule has 0 radical (unpaired) electrons. The smallest absolute Gasteiger partial charge is 0.387 e. The van der Waals surface area contributed by atoms with Gasteiger partial charge in [0.2, 0.25) is 0 Å². The van der Waals surface area contributed by atoms with Gasteiger partial charge in [-0.2, -0.15) is 13.5 Å². The van der Waals surface area contributed by atoms with Crippen molar-refractivity contribution in [1.29, 1.82) is 0 Å². The Labute approximate surface area is 141 Å². The number of rotatable bonds is 6. The van der Waals surface area contributed by atoms with E-state index in [0.29, 0.717) is 17.3 Å². The monoisotopic (exact) mass is 348 g/mol. The first kappa shape index (κ1) is 16.4. The Morgan fingerprint density at radius 3 is 2.67 bits per heavy atom. The van der Waals surface area contributed by atoms with Crippen molar-refractivity contribution in [3.63, 3.8) is 0 Å². The third-order valence-corrected chi connectivity index (χ3v) is 4.19. The maximum absolute atomic E-state index is 12.2. The molecule has 0 aliphatic carbocycles. The summed E-state index contributed by atoms with van der Waals surface area (Å²) in [5.74, 6) is 1.35. The van der Waals surface area contributed by atoms with Crippen LogP contribution in [-0.2, 0) is 5.75 Å². The quantitative estimate of drug-likeness (QED) is 0.633. The largest absolute Gasteiger partial charge is 0.435 e. The van der Waals surface area contributed by atoms with E-state index in [9.17, 15) is 8.78 Å². The van der Waals surface area contributed by atoms with Gasteiger partial charge in [-0.1, -0.05) is 17.7 Å². The molecule has 3 aromatic rings. The van der Waals surface area contributed by atoms with Crippen LogP contribution in [0.1, 0.15) is 11.4 Å². The predicted octanol–water partition coefficient (Wildman–Crippen LogP) is 3.86. The second-order valence-corrected chi connectivity index (χ2v) is 6.03. The van der Waals surface area contributed by atoms with Crippen molar-refractivity contribution in [2.75, 3.05) is 0 Å². The van der Waals surface area contributed by atoms with Gasteiger partial charge in [-0.05, 0) is 53.7 Å². The Morgan fingerprint density at radius 2 is 1.96 bits per heavy atom. The van der Waals surface area contributed by atoms with Crippen LogP contribution in [-0.4, -0.2) is 26.8 Å². The van der Waals surface area contributed by atoms with E-state index in [2.05, 4.69) is 26.3 Å². The third-order valence-electron chi connectivity index (χ3n) is 3.20. The summed E-state index contributed by atoms with van der Waals surface area (Å²) in [5, 5.41) is 11.7. The molecule has 0 N–H and O–H groups in total. The Bertz CT molecular complexity index is 808. The molecule has 0 aliphatic rings. The van der Waals surface area contributed by atoms with Gasteiger partial charge in [0.25, 0.3) is 0 Å². The maximum Gasteiger partial charge on any atom is 0.387 e. The molecule has 24 heavy (non-hydrogen) atoms. The van der Waals surface area contributed by atoms with Gasteiger partial charge < -0.3 is 4.74 Å². The molecule has 0 unspecified atom stereocenters. The Balaban J connectivity index is 1.73. The van der Waals surface area contributed by atoms with Crippen LogP contribution in [0.15, 0.2) is 53.4 Å². The fourth-order valence-corrected chi connectivity index (χ4v) is 3.04. The van der Waals surface area contributed by atoms with Gasteiger partial charge in [-0.15, -0.1) is 16.9 Å². The number of benzene rings is 2. The van der Waals surface area contributed by atoms with Gasteiger partial charge >= 0.3 is 6.61 Å². The normalized spacial score (nSPS) is 11.0. The van der Waals surface area contributed by atoms with Gasteiger partial charge in [0, 0.05) is 4.90 Å². The highest BCUT2D eigenvalue weighted by molar-refractivity contribution is 7.98. The van der Waals surface area contributed by atoms with Crippen molar-refractivity contribution in [3.05, 3.63) is 59.9 Å². The van der Waals surface area contributed by atoms with Gasteiger partial charge in [0.05, 0.1) is 11.4 Å². The van der Waals surface area contributed by atoms with E-state index in [4.69, 9.17) is 0 Å². The second kappa shape index (κ2) is 7.39. The molecular formula is C16H14F2N4OS. The maximum atomic E-state index is 12.2. The number of hydrogen-bond acceptors (Lipinski definition) is 5. The summed E-state index contributed by atoms with van der Waals surface area (Å²) in [6, 6.07) is 14.3. The van der Waals surface area contributed by atoms with Gasteiger partial charge in [-0.3, -0.25) is 0 Å². The molecule has 0 aliphatic heterocycles. The van der Waals surface area contributed by atoms with E-state index in [0.717, 1.165) is 4.90 Å². The zero-order valence-electron chi connectivity index (χ0n) is 12.8. The van der Waals surface area contributed by atoms with Crippen LogP contribution < -0.4 is 4.74 Å². The van der Waals surface area contributed by atoms with Crippen LogP contribution >= 0.6 is 11.8 Å². The van der Waals surface area contributed by atoms with Crippen LogP contribution in [0.2, 0.25) is 0 Å². The van der Waals surface area contributed by atoms with Crippen molar-refractivity contribution >= 4 is 11.8 Å². The average Bonchev–Trinajstić information content (AvgIpc) is 3.02. The third kappa shape index (κ3) is 4.08. The van der Waals surface area contributed by atoms with Gasteiger partial charge in [0.15, 0.2) is 5.82 Å². The van der Waals surface area contributed by atoms with E-state index in [1.54, 1.807) is 28.6 Å². The lowest BCUT2D eigenvalue weighted by Gasteiger charge is -2.07. The van der Waals surface area contributed by atoms with Gasteiger partial charge in [0.1, 0.15) is 5.75 Å². The fraction of sp³-hybridized carbons (Fsp3) is 0.188. The first-order chi connectivity index (χ1) is 11.6. The highest BCUT2D eigenvalue weighted by Crippen LogP contribution is 2.24. The first-order valence-corrected chi connectivity index (χ1v) is 8.12. The van der Waals surface area contributed by atoms with E-state index in [1.807, 2.05) is 25.1 Å². The number of hydrogen-bond donors (Lipinski definition) is 0. The highest BCUT2D eigenvalue weighted by atomic mass is 32.2. The molecule has 0 atom stereocenters. The summed E-state index contributed by atoms with van der Waals surface area (Å²) in [5.41, 5.74) is 1.87. The summed E-state index contributed by atoms with van der Waals surface area (Å²) in [4.78, 5) is 1.13.